The van der Waals surface area contributed by atoms with Crippen LogP contribution in [-0.4, -0.2) is 56.7 Å². The minimum atomic E-state index is -0.251. The lowest BCUT2D eigenvalue weighted by atomic mass is 9.97. The predicted molar refractivity (Wildman–Crippen MR) is 134 cm³/mol. The number of ether oxygens (including phenoxy) is 1. The molecule has 1 aliphatic heterocycles. The number of likely N-dealkylation sites (tertiary alicyclic amines) is 1. The maximum atomic E-state index is 13.2. The van der Waals surface area contributed by atoms with Crippen molar-refractivity contribution in [2.45, 2.75) is 25.7 Å². The number of anilines is 1. The summed E-state index contributed by atoms with van der Waals surface area (Å²) in [6.45, 7) is 3.09. The number of hydrogen-bond acceptors (Lipinski definition) is 7. The summed E-state index contributed by atoms with van der Waals surface area (Å²) >= 11 is 1.49. The lowest BCUT2D eigenvalue weighted by Gasteiger charge is -2.31. The van der Waals surface area contributed by atoms with Crippen molar-refractivity contribution in [1.82, 2.24) is 24.6 Å². The van der Waals surface area contributed by atoms with Crippen LogP contribution in [0, 0.1) is 6.92 Å². The van der Waals surface area contributed by atoms with Gasteiger partial charge < -0.3 is 15.0 Å². The summed E-state index contributed by atoms with van der Waals surface area (Å²) in [6, 6.07) is 11.2. The van der Waals surface area contributed by atoms with Gasteiger partial charge in [0, 0.05) is 49.0 Å². The van der Waals surface area contributed by atoms with E-state index in [0.29, 0.717) is 36.0 Å². The molecule has 1 aliphatic rings. The Morgan fingerprint density at radius 1 is 1.11 bits per heavy atom. The summed E-state index contributed by atoms with van der Waals surface area (Å²) in [6.07, 6.45) is 1.57. The van der Waals surface area contributed by atoms with E-state index >= 15 is 0 Å². The third kappa shape index (κ3) is 4.61. The Balaban J connectivity index is 1.23. The molecular formula is C25H26N6O3S. The van der Waals surface area contributed by atoms with Crippen molar-refractivity contribution in [2.75, 3.05) is 25.5 Å². The number of carbonyl (C=O) groups is 2. The number of pyridine rings is 1. The fourth-order valence-electron chi connectivity index (χ4n) is 4.40. The predicted octanol–water partition coefficient (Wildman–Crippen LogP) is 4.01. The molecule has 35 heavy (non-hydrogen) atoms. The quantitative estimate of drug-likeness (QED) is 0.453. The maximum absolute atomic E-state index is 13.2. The number of benzene rings is 1. The van der Waals surface area contributed by atoms with Gasteiger partial charge in [-0.25, -0.2) is 9.97 Å². The Morgan fingerprint density at radius 3 is 2.60 bits per heavy atom. The molecule has 0 unspecified atom stereocenters. The molecule has 0 saturated carbocycles. The zero-order valence-electron chi connectivity index (χ0n) is 19.8. The van der Waals surface area contributed by atoms with Crippen LogP contribution in [0.4, 0.5) is 5.82 Å². The van der Waals surface area contributed by atoms with Crippen LogP contribution in [0.3, 0.4) is 0 Å². The second-order valence-electron chi connectivity index (χ2n) is 8.61. The first-order valence-corrected chi connectivity index (χ1v) is 12.3. The van der Waals surface area contributed by atoms with Crippen molar-refractivity contribution >= 4 is 39.9 Å². The Bertz CT molecular complexity index is 1400. The third-order valence-electron chi connectivity index (χ3n) is 6.25. The molecule has 3 aromatic heterocycles. The third-order valence-corrected chi connectivity index (χ3v) is 7.25. The van der Waals surface area contributed by atoms with Crippen LogP contribution in [0.25, 0.3) is 10.9 Å². The van der Waals surface area contributed by atoms with Gasteiger partial charge in [-0.15, -0.1) is 11.3 Å². The van der Waals surface area contributed by atoms with Gasteiger partial charge in [-0.2, -0.15) is 5.10 Å². The average Bonchev–Trinajstić information content (AvgIpc) is 3.49. The standard InChI is InChI=1S/C25H26N6O3S/c1-15-12-22(30(2)29-15)28-23(32)20-14-35-24(27-20)16-8-10-31(11-9-16)25(33)19-13-21(34-3)17-6-4-5-7-18(17)26-19/h4-7,12-14,16H,8-11H2,1-3H3,(H,28,32). The lowest BCUT2D eigenvalue weighted by Crippen LogP contribution is -2.38. The Hall–Kier alpha value is -3.79. The fourth-order valence-corrected chi connectivity index (χ4v) is 5.37. The number of aromatic nitrogens is 4. The van der Waals surface area contributed by atoms with Gasteiger partial charge in [0.1, 0.15) is 23.0 Å². The van der Waals surface area contributed by atoms with E-state index in [1.165, 1.54) is 11.3 Å². The van der Waals surface area contributed by atoms with Crippen LogP contribution >= 0.6 is 11.3 Å². The molecule has 1 N–H and O–H groups in total. The number of amides is 2. The van der Waals surface area contributed by atoms with Crippen molar-refractivity contribution < 1.29 is 14.3 Å². The molecule has 5 rings (SSSR count). The summed E-state index contributed by atoms with van der Waals surface area (Å²) in [5, 5.41) is 10.7. The second kappa shape index (κ2) is 9.46. The lowest BCUT2D eigenvalue weighted by molar-refractivity contribution is 0.0707. The van der Waals surface area contributed by atoms with E-state index in [0.717, 1.165) is 34.4 Å². The zero-order valence-corrected chi connectivity index (χ0v) is 20.6. The summed E-state index contributed by atoms with van der Waals surface area (Å²) in [7, 11) is 3.38. The first-order chi connectivity index (χ1) is 16.9. The van der Waals surface area contributed by atoms with Gasteiger partial charge in [0.25, 0.3) is 11.8 Å². The topological polar surface area (TPSA) is 102 Å². The van der Waals surface area contributed by atoms with E-state index in [2.05, 4.69) is 20.4 Å². The van der Waals surface area contributed by atoms with Crippen LogP contribution in [0.1, 0.15) is 50.4 Å². The van der Waals surface area contributed by atoms with Crippen molar-refractivity contribution in [3.8, 4) is 5.75 Å². The van der Waals surface area contributed by atoms with Gasteiger partial charge in [0.05, 0.1) is 23.3 Å². The number of piperidine rings is 1. The van der Waals surface area contributed by atoms with E-state index in [1.54, 1.807) is 30.3 Å². The van der Waals surface area contributed by atoms with Crippen molar-refractivity contribution in [3.63, 3.8) is 0 Å². The minimum Gasteiger partial charge on any atom is -0.496 e. The molecule has 180 valence electrons. The van der Waals surface area contributed by atoms with Crippen LogP contribution in [0.15, 0.2) is 41.8 Å². The van der Waals surface area contributed by atoms with Gasteiger partial charge in [-0.05, 0) is 31.9 Å². The molecule has 10 heteroatoms. The van der Waals surface area contributed by atoms with Gasteiger partial charge in [-0.3, -0.25) is 14.3 Å². The van der Waals surface area contributed by atoms with Crippen LogP contribution in [0.2, 0.25) is 0 Å². The van der Waals surface area contributed by atoms with Crippen LogP contribution < -0.4 is 10.1 Å². The summed E-state index contributed by atoms with van der Waals surface area (Å²) in [5.74, 6) is 1.14. The van der Waals surface area contributed by atoms with E-state index < -0.39 is 0 Å². The second-order valence-corrected chi connectivity index (χ2v) is 9.50. The Kier molecular flexibility index (Phi) is 6.21. The molecule has 0 aliphatic carbocycles. The van der Waals surface area contributed by atoms with E-state index in [9.17, 15) is 9.59 Å². The van der Waals surface area contributed by atoms with E-state index in [-0.39, 0.29) is 17.7 Å². The van der Waals surface area contributed by atoms with Crippen LogP contribution in [0.5, 0.6) is 5.75 Å². The summed E-state index contributed by atoms with van der Waals surface area (Å²) in [5.41, 5.74) is 2.35. The van der Waals surface area contributed by atoms with Gasteiger partial charge in [-0.1, -0.05) is 12.1 Å². The Morgan fingerprint density at radius 2 is 1.89 bits per heavy atom. The van der Waals surface area contributed by atoms with Crippen molar-refractivity contribution in [3.05, 3.63) is 63.9 Å². The Labute approximate surface area is 206 Å². The van der Waals surface area contributed by atoms with Gasteiger partial charge >= 0.3 is 0 Å². The number of nitrogens with zero attached hydrogens (tertiary/aromatic N) is 5. The number of methoxy groups -OCH3 is 1. The number of thiazole rings is 1. The molecular weight excluding hydrogens is 464 g/mol. The first-order valence-electron chi connectivity index (χ1n) is 11.4. The minimum absolute atomic E-state index is 0.0989. The van der Waals surface area contributed by atoms with Crippen molar-refractivity contribution in [1.29, 1.82) is 0 Å². The highest BCUT2D eigenvalue weighted by atomic mass is 32.1. The largest absolute Gasteiger partial charge is 0.496 e. The van der Waals surface area contributed by atoms with Crippen LogP contribution in [-0.2, 0) is 7.05 Å². The molecule has 1 saturated heterocycles. The molecule has 2 amide bonds. The SMILES string of the molecule is COc1cc(C(=O)N2CCC(c3nc(C(=O)Nc4cc(C)nn4C)cs3)CC2)nc2ccccc12. The molecule has 0 bridgehead atoms. The van der Waals surface area contributed by atoms with Crippen molar-refractivity contribution in [2.24, 2.45) is 7.05 Å². The molecule has 0 atom stereocenters. The highest BCUT2D eigenvalue weighted by Gasteiger charge is 2.28. The summed E-state index contributed by atoms with van der Waals surface area (Å²) < 4.78 is 7.12. The number of hydrogen-bond donors (Lipinski definition) is 1. The number of aryl methyl sites for hydroxylation is 2. The van der Waals surface area contributed by atoms with E-state index in [4.69, 9.17) is 4.74 Å². The average molecular weight is 491 g/mol. The number of nitrogens with one attached hydrogen (secondary N) is 1. The smallest absolute Gasteiger partial charge is 0.276 e. The zero-order chi connectivity index (χ0) is 24.5. The number of rotatable bonds is 5. The molecule has 9 nitrogen and oxygen atoms in total. The highest BCUT2D eigenvalue weighted by molar-refractivity contribution is 7.10. The number of carbonyl (C=O) groups excluding carboxylic acids is 2. The van der Waals surface area contributed by atoms with Gasteiger partial charge in [0.15, 0.2) is 0 Å². The first kappa shape index (κ1) is 23.0. The molecule has 1 aromatic carbocycles. The molecule has 1 fully saturated rings. The fraction of sp³-hybridized carbons (Fsp3) is 0.320. The number of para-hydroxylation sites is 1. The molecule has 4 aromatic rings. The maximum Gasteiger partial charge on any atom is 0.276 e. The normalized spacial score (nSPS) is 14.3. The molecule has 0 radical (unpaired) electrons. The summed E-state index contributed by atoms with van der Waals surface area (Å²) in [4.78, 5) is 36.8. The van der Waals surface area contributed by atoms with Gasteiger partial charge in [0.2, 0.25) is 0 Å². The molecule has 4 heterocycles. The monoisotopic (exact) mass is 490 g/mol. The highest BCUT2D eigenvalue weighted by Crippen LogP contribution is 2.32. The van der Waals surface area contributed by atoms with E-state index in [1.807, 2.05) is 42.2 Å². The number of fused-ring (bicyclic) bond motifs is 1. The molecule has 0 spiro atoms.